The summed E-state index contributed by atoms with van der Waals surface area (Å²) in [6.45, 7) is 7.70. The van der Waals surface area contributed by atoms with Crippen molar-refractivity contribution in [1.82, 2.24) is 14.9 Å². The monoisotopic (exact) mass is 418 g/mol. The smallest absolute Gasteiger partial charge is 0.225 e. The molecule has 0 bridgehead atoms. The summed E-state index contributed by atoms with van der Waals surface area (Å²) in [5, 5.41) is 0. The Kier molecular flexibility index (Phi) is 5.68. The number of amides is 1. The van der Waals surface area contributed by atoms with Crippen LogP contribution < -0.4 is 4.90 Å². The van der Waals surface area contributed by atoms with Gasteiger partial charge in [0.05, 0.1) is 0 Å². The Morgan fingerprint density at radius 3 is 2.45 bits per heavy atom. The Morgan fingerprint density at radius 2 is 1.84 bits per heavy atom. The second-order valence-corrected chi connectivity index (χ2v) is 9.56. The fourth-order valence-electron chi connectivity index (χ4n) is 4.87. The lowest BCUT2D eigenvalue weighted by molar-refractivity contribution is -0.138. The van der Waals surface area contributed by atoms with Crippen LogP contribution >= 0.6 is 0 Å². The minimum Gasteiger partial charge on any atom is -0.353 e. The van der Waals surface area contributed by atoms with Crippen molar-refractivity contribution >= 4 is 11.7 Å². The molecule has 2 aromatic rings. The van der Waals surface area contributed by atoms with E-state index in [9.17, 15) is 4.79 Å². The maximum atomic E-state index is 12.7. The number of aryl methyl sites for hydroxylation is 2. The molecule has 1 amide bonds. The second-order valence-electron chi connectivity index (χ2n) is 9.56. The Hall–Kier alpha value is -2.43. The minimum absolute atomic E-state index is 0.288. The lowest BCUT2D eigenvalue weighted by Crippen LogP contribution is -2.51. The van der Waals surface area contributed by atoms with Crippen molar-refractivity contribution in [2.45, 2.75) is 64.7 Å². The maximum Gasteiger partial charge on any atom is 0.225 e. The SMILES string of the molecule is CCc1nc(C2CC2)nc(N2CCN(C(=O)C3CCC3)CC2)c1Cc1cccc(C)c1. The Bertz CT molecular complexity index is 956. The van der Waals surface area contributed by atoms with E-state index in [1.54, 1.807) is 0 Å². The Labute approximate surface area is 185 Å². The van der Waals surface area contributed by atoms with E-state index in [0.29, 0.717) is 11.8 Å². The van der Waals surface area contributed by atoms with Crippen molar-refractivity contribution < 1.29 is 4.79 Å². The molecule has 3 aliphatic rings. The molecule has 5 heteroatoms. The standard InChI is InChI=1S/C26H34N4O/c1-3-23-22(17-19-7-4-6-18(2)16-19)25(28-24(27-23)20-10-11-20)29-12-14-30(15-13-29)26(31)21-8-5-9-21/h4,6-7,16,20-21H,3,5,8-15,17H2,1-2H3. The molecule has 1 aromatic carbocycles. The lowest BCUT2D eigenvalue weighted by atomic mass is 9.84. The van der Waals surface area contributed by atoms with Gasteiger partial charge in [-0.05, 0) is 44.6 Å². The highest BCUT2D eigenvalue weighted by atomic mass is 16.2. The summed E-state index contributed by atoms with van der Waals surface area (Å²) in [5.41, 5.74) is 5.07. The Morgan fingerprint density at radius 1 is 1.06 bits per heavy atom. The fourth-order valence-corrected chi connectivity index (χ4v) is 4.87. The van der Waals surface area contributed by atoms with Gasteiger partial charge in [-0.25, -0.2) is 9.97 Å². The molecule has 0 unspecified atom stereocenters. The highest BCUT2D eigenvalue weighted by Gasteiger charge is 2.33. The van der Waals surface area contributed by atoms with E-state index in [0.717, 1.165) is 63.5 Å². The van der Waals surface area contributed by atoms with E-state index in [2.05, 4.69) is 47.9 Å². The molecule has 5 rings (SSSR count). The van der Waals surface area contributed by atoms with Crippen molar-refractivity contribution in [3.63, 3.8) is 0 Å². The van der Waals surface area contributed by atoms with E-state index >= 15 is 0 Å². The van der Waals surface area contributed by atoms with Crippen molar-refractivity contribution in [1.29, 1.82) is 0 Å². The average Bonchev–Trinajstić information content (AvgIpc) is 3.58. The van der Waals surface area contributed by atoms with Crippen LogP contribution in [-0.2, 0) is 17.6 Å². The first-order chi connectivity index (χ1) is 15.1. The summed E-state index contributed by atoms with van der Waals surface area (Å²) in [7, 11) is 0. The largest absolute Gasteiger partial charge is 0.353 e. The van der Waals surface area contributed by atoms with Crippen molar-refractivity contribution in [2.24, 2.45) is 5.92 Å². The van der Waals surface area contributed by atoms with E-state index in [1.807, 2.05) is 0 Å². The number of aromatic nitrogens is 2. The normalized spacial score (nSPS) is 19.4. The molecular formula is C26H34N4O. The van der Waals surface area contributed by atoms with Crippen LogP contribution in [0.2, 0.25) is 0 Å². The Balaban J connectivity index is 1.42. The van der Waals surface area contributed by atoms with Gasteiger partial charge < -0.3 is 9.80 Å². The first-order valence-electron chi connectivity index (χ1n) is 12.1. The predicted octanol–water partition coefficient (Wildman–Crippen LogP) is 4.26. The minimum atomic E-state index is 0.288. The van der Waals surface area contributed by atoms with Crippen LogP contribution in [0, 0.1) is 12.8 Å². The summed E-state index contributed by atoms with van der Waals surface area (Å²) >= 11 is 0. The predicted molar refractivity (Wildman–Crippen MR) is 124 cm³/mol. The summed E-state index contributed by atoms with van der Waals surface area (Å²) in [6, 6.07) is 8.77. The van der Waals surface area contributed by atoms with Gasteiger partial charge in [-0.2, -0.15) is 0 Å². The number of piperazine rings is 1. The van der Waals surface area contributed by atoms with Crippen molar-refractivity contribution in [3.05, 3.63) is 52.5 Å². The number of rotatable bonds is 6. The molecule has 1 aliphatic heterocycles. The van der Waals surface area contributed by atoms with Gasteiger partial charge in [-0.15, -0.1) is 0 Å². The molecule has 31 heavy (non-hydrogen) atoms. The molecule has 2 saturated carbocycles. The number of hydrogen-bond acceptors (Lipinski definition) is 4. The molecule has 3 fully saturated rings. The third-order valence-corrected chi connectivity index (χ3v) is 7.17. The van der Waals surface area contributed by atoms with Crippen LogP contribution in [0.5, 0.6) is 0 Å². The van der Waals surface area contributed by atoms with E-state index < -0.39 is 0 Å². The molecule has 2 heterocycles. The average molecular weight is 419 g/mol. The van der Waals surface area contributed by atoms with Gasteiger partial charge >= 0.3 is 0 Å². The number of anilines is 1. The van der Waals surface area contributed by atoms with Crippen LogP contribution in [-0.4, -0.2) is 47.0 Å². The van der Waals surface area contributed by atoms with Crippen LogP contribution in [0.4, 0.5) is 5.82 Å². The first-order valence-corrected chi connectivity index (χ1v) is 12.1. The number of carbonyl (C=O) groups is 1. The first kappa shape index (κ1) is 20.5. The van der Waals surface area contributed by atoms with Gasteiger partial charge in [0.25, 0.3) is 0 Å². The molecule has 1 aromatic heterocycles. The fraction of sp³-hybridized carbons (Fsp3) is 0.577. The molecule has 5 nitrogen and oxygen atoms in total. The maximum absolute atomic E-state index is 12.7. The summed E-state index contributed by atoms with van der Waals surface area (Å²) in [5.74, 6) is 3.36. The number of benzene rings is 1. The zero-order chi connectivity index (χ0) is 21.4. The zero-order valence-corrected chi connectivity index (χ0v) is 18.9. The third kappa shape index (κ3) is 4.32. The van der Waals surface area contributed by atoms with Gasteiger partial charge in [0.15, 0.2) is 0 Å². The van der Waals surface area contributed by atoms with Crippen LogP contribution in [0.3, 0.4) is 0 Å². The third-order valence-electron chi connectivity index (χ3n) is 7.17. The van der Waals surface area contributed by atoms with E-state index in [4.69, 9.17) is 9.97 Å². The summed E-state index contributed by atoms with van der Waals surface area (Å²) in [6.07, 6.45) is 7.59. The van der Waals surface area contributed by atoms with E-state index in [1.165, 1.54) is 41.6 Å². The molecule has 1 saturated heterocycles. The van der Waals surface area contributed by atoms with Gasteiger partial charge in [0.1, 0.15) is 11.6 Å². The van der Waals surface area contributed by atoms with Gasteiger partial charge in [-0.1, -0.05) is 43.2 Å². The highest BCUT2D eigenvalue weighted by Crippen LogP contribution is 2.40. The van der Waals surface area contributed by atoms with Crippen LogP contribution in [0.15, 0.2) is 24.3 Å². The molecule has 0 radical (unpaired) electrons. The zero-order valence-electron chi connectivity index (χ0n) is 18.9. The molecule has 0 atom stereocenters. The van der Waals surface area contributed by atoms with Gasteiger partial charge in [0, 0.05) is 55.7 Å². The molecule has 2 aliphatic carbocycles. The molecule has 0 N–H and O–H groups in total. The molecule has 164 valence electrons. The van der Waals surface area contributed by atoms with Crippen LogP contribution in [0.25, 0.3) is 0 Å². The summed E-state index contributed by atoms with van der Waals surface area (Å²) < 4.78 is 0. The molecule has 0 spiro atoms. The second kappa shape index (κ2) is 8.60. The van der Waals surface area contributed by atoms with Gasteiger partial charge in [0.2, 0.25) is 5.91 Å². The highest BCUT2D eigenvalue weighted by molar-refractivity contribution is 5.80. The molecular weight excluding hydrogens is 384 g/mol. The van der Waals surface area contributed by atoms with Crippen molar-refractivity contribution in [2.75, 3.05) is 31.1 Å². The van der Waals surface area contributed by atoms with E-state index in [-0.39, 0.29) is 5.92 Å². The quantitative estimate of drug-likeness (QED) is 0.703. The van der Waals surface area contributed by atoms with Gasteiger partial charge in [-0.3, -0.25) is 4.79 Å². The number of carbonyl (C=O) groups excluding carboxylic acids is 1. The summed E-state index contributed by atoms with van der Waals surface area (Å²) in [4.78, 5) is 27.3. The topological polar surface area (TPSA) is 49.3 Å². The van der Waals surface area contributed by atoms with Crippen LogP contribution in [0.1, 0.15) is 73.2 Å². The number of hydrogen-bond donors (Lipinski definition) is 0. The lowest BCUT2D eigenvalue weighted by Gasteiger charge is -2.39. The van der Waals surface area contributed by atoms with Crippen molar-refractivity contribution in [3.8, 4) is 0 Å². The number of nitrogens with zero attached hydrogens (tertiary/aromatic N) is 4.